The van der Waals surface area contributed by atoms with Gasteiger partial charge in [0.25, 0.3) is 0 Å². The van der Waals surface area contributed by atoms with E-state index in [1.807, 2.05) is 31.2 Å². The van der Waals surface area contributed by atoms with Crippen molar-refractivity contribution in [2.45, 2.75) is 29.1 Å². The molecule has 1 atom stereocenters. The molecular formula is C23H21NO4S2. The normalized spacial score (nSPS) is 15.9. The molecule has 2 heterocycles. The molecule has 0 saturated carbocycles. The average Bonchev–Trinajstić information content (AvgIpc) is 3.17. The lowest BCUT2D eigenvalue weighted by molar-refractivity contribution is -0.116. The molecule has 1 aromatic heterocycles. The van der Waals surface area contributed by atoms with E-state index in [1.54, 1.807) is 35.7 Å². The Morgan fingerprint density at radius 2 is 1.93 bits per heavy atom. The zero-order valence-electron chi connectivity index (χ0n) is 16.4. The van der Waals surface area contributed by atoms with Crippen LogP contribution < -0.4 is 10.1 Å². The summed E-state index contributed by atoms with van der Waals surface area (Å²) in [4.78, 5) is 13.7. The predicted molar refractivity (Wildman–Crippen MR) is 118 cm³/mol. The largest absolute Gasteiger partial charge is 0.489 e. The topological polar surface area (TPSA) is 72.5 Å². The number of carbonyl (C=O) groups is 1. The van der Waals surface area contributed by atoms with Gasteiger partial charge in [0.2, 0.25) is 15.7 Å². The standard InChI is InChI=1S/C23H21NO4S2/c1-3-12-28-19-7-5-4-6-17(19)18-13-21(25)24-22-20(14-29-23(18)22)30(26,27)16-10-8-15(2)9-11-16/h3-11,14,18H,1,12-13H2,2H3,(H,24,25)/t18-/m0/s1. The number of benzene rings is 2. The predicted octanol–water partition coefficient (Wildman–Crippen LogP) is 4.93. The number of aryl methyl sites for hydroxylation is 1. The monoisotopic (exact) mass is 439 g/mol. The van der Waals surface area contributed by atoms with Gasteiger partial charge in [-0.1, -0.05) is 48.6 Å². The van der Waals surface area contributed by atoms with Gasteiger partial charge in [-0.15, -0.1) is 11.3 Å². The van der Waals surface area contributed by atoms with Gasteiger partial charge in [0, 0.05) is 28.2 Å². The maximum atomic E-state index is 13.3. The fourth-order valence-corrected chi connectivity index (χ4v) is 6.45. The Kier molecular flexibility index (Phi) is 5.49. The lowest BCUT2D eigenvalue weighted by Gasteiger charge is -2.25. The molecule has 4 rings (SSSR count). The smallest absolute Gasteiger partial charge is 0.225 e. The lowest BCUT2D eigenvalue weighted by atomic mass is 9.90. The van der Waals surface area contributed by atoms with Crippen molar-refractivity contribution in [2.75, 3.05) is 11.9 Å². The SMILES string of the molecule is C=CCOc1ccccc1[C@@H]1CC(=O)Nc2c(S(=O)(=O)c3ccc(C)cc3)csc21. The molecule has 7 heteroatoms. The zero-order valence-corrected chi connectivity index (χ0v) is 18.1. The molecule has 1 aliphatic heterocycles. The third-order valence-electron chi connectivity index (χ3n) is 5.03. The van der Waals surface area contributed by atoms with E-state index in [9.17, 15) is 13.2 Å². The average molecular weight is 440 g/mol. The molecule has 0 saturated heterocycles. The highest BCUT2D eigenvalue weighted by molar-refractivity contribution is 7.91. The van der Waals surface area contributed by atoms with Gasteiger partial charge < -0.3 is 10.1 Å². The van der Waals surface area contributed by atoms with Gasteiger partial charge in [-0.3, -0.25) is 4.79 Å². The summed E-state index contributed by atoms with van der Waals surface area (Å²) in [5.41, 5.74) is 2.21. The molecule has 0 unspecified atom stereocenters. The third-order valence-corrected chi connectivity index (χ3v) is 8.07. The minimum absolute atomic E-state index is 0.133. The highest BCUT2D eigenvalue weighted by Crippen LogP contribution is 2.47. The number of para-hydroxylation sites is 1. The minimum Gasteiger partial charge on any atom is -0.489 e. The molecule has 0 fully saturated rings. The number of carbonyl (C=O) groups excluding carboxylic acids is 1. The van der Waals surface area contributed by atoms with Crippen molar-refractivity contribution < 1.29 is 17.9 Å². The summed E-state index contributed by atoms with van der Waals surface area (Å²) >= 11 is 1.34. The first-order valence-corrected chi connectivity index (χ1v) is 11.8. The number of ether oxygens (including phenoxy) is 1. The molecule has 5 nitrogen and oxygen atoms in total. The molecule has 0 spiro atoms. The van der Waals surface area contributed by atoms with Crippen LogP contribution in [0, 0.1) is 6.92 Å². The molecule has 2 aromatic carbocycles. The first-order valence-electron chi connectivity index (χ1n) is 9.47. The molecule has 1 N–H and O–H groups in total. The van der Waals surface area contributed by atoms with E-state index in [4.69, 9.17) is 4.74 Å². The second kappa shape index (κ2) is 8.08. The molecule has 3 aromatic rings. The molecule has 30 heavy (non-hydrogen) atoms. The Bertz CT molecular complexity index is 1210. The van der Waals surface area contributed by atoms with Crippen molar-refractivity contribution in [1.29, 1.82) is 0 Å². The molecule has 0 aliphatic carbocycles. The van der Waals surface area contributed by atoms with Gasteiger partial charge in [-0.2, -0.15) is 0 Å². The molecule has 0 bridgehead atoms. The van der Waals surface area contributed by atoms with Crippen LogP contribution in [0.3, 0.4) is 0 Å². The maximum absolute atomic E-state index is 13.3. The number of anilines is 1. The van der Waals surface area contributed by atoms with Crippen molar-refractivity contribution in [3.8, 4) is 5.75 Å². The van der Waals surface area contributed by atoms with E-state index in [0.717, 1.165) is 16.0 Å². The maximum Gasteiger partial charge on any atom is 0.225 e. The third kappa shape index (κ3) is 3.66. The molecule has 154 valence electrons. The Morgan fingerprint density at radius 3 is 2.67 bits per heavy atom. The fraction of sp³-hybridized carbons (Fsp3) is 0.174. The van der Waals surface area contributed by atoms with Gasteiger partial charge in [-0.25, -0.2) is 8.42 Å². The summed E-state index contributed by atoms with van der Waals surface area (Å²) < 4.78 is 32.3. The van der Waals surface area contributed by atoms with Gasteiger partial charge >= 0.3 is 0 Å². The minimum atomic E-state index is -3.76. The molecular weight excluding hydrogens is 418 g/mol. The lowest BCUT2D eigenvalue weighted by Crippen LogP contribution is -2.23. The van der Waals surface area contributed by atoms with Gasteiger partial charge in [0.1, 0.15) is 17.3 Å². The van der Waals surface area contributed by atoms with E-state index in [-0.39, 0.29) is 28.0 Å². The summed E-state index contributed by atoms with van der Waals surface area (Å²) in [7, 11) is -3.76. The Hall–Kier alpha value is -2.90. The van der Waals surface area contributed by atoms with Crippen molar-refractivity contribution >= 4 is 32.8 Å². The van der Waals surface area contributed by atoms with Crippen LogP contribution in [0.25, 0.3) is 0 Å². The number of sulfone groups is 1. The Morgan fingerprint density at radius 1 is 1.20 bits per heavy atom. The number of hydrogen-bond acceptors (Lipinski definition) is 5. The van der Waals surface area contributed by atoms with Crippen LogP contribution in [-0.2, 0) is 14.6 Å². The summed E-state index contributed by atoms with van der Waals surface area (Å²) in [5.74, 6) is 0.172. The molecule has 1 aliphatic rings. The highest BCUT2D eigenvalue weighted by Gasteiger charge is 2.35. The van der Waals surface area contributed by atoms with Crippen LogP contribution in [-0.4, -0.2) is 20.9 Å². The summed E-state index contributed by atoms with van der Waals surface area (Å²) in [5, 5.41) is 4.41. The van der Waals surface area contributed by atoms with Crippen LogP contribution in [0.2, 0.25) is 0 Å². The fourth-order valence-electron chi connectivity index (χ4n) is 3.55. The van der Waals surface area contributed by atoms with Gasteiger partial charge in [0.05, 0.1) is 10.6 Å². The van der Waals surface area contributed by atoms with Crippen LogP contribution in [0.4, 0.5) is 5.69 Å². The van der Waals surface area contributed by atoms with Crippen LogP contribution >= 0.6 is 11.3 Å². The van der Waals surface area contributed by atoms with E-state index < -0.39 is 9.84 Å². The Labute approximate surface area is 179 Å². The Balaban J connectivity index is 1.80. The van der Waals surface area contributed by atoms with Crippen molar-refractivity contribution in [2.24, 2.45) is 0 Å². The summed E-state index contributed by atoms with van der Waals surface area (Å²) in [6.07, 6.45) is 1.89. The van der Waals surface area contributed by atoms with Gasteiger partial charge in [-0.05, 0) is 25.1 Å². The number of hydrogen-bond donors (Lipinski definition) is 1. The number of thiophene rings is 1. The van der Waals surface area contributed by atoms with E-state index in [2.05, 4.69) is 11.9 Å². The first kappa shape index (κ1) is 20.4. The molecule has 0 radical (unpaired) electrons. The summed E-state index contributed by atoms with van der Waals surface area (Å²) in [6.45, 7) is 5.93. The number of nitrogens with one attached hydrogen (secondary N) is 1. The van der Waals surface area contributed by atoms with Crippen LogP contribution in [0.15, 0.2) is 76.4 Å². The summed E-state index contributed by atoms with van der Waals surface area (Å²) in [6, 6.07) is 14.2. The van der Waals surface area contributed by atoms with E-state index in [0.29, 0.717) is 18.0 Å². The van der Waals surface area contributed by atoms with Crippen LogP contribution in [0.1, 0.15) is 28.3 Å². The zero-order chi connectivity index (χ0) is 21.3. The van der Waals surface area contributed by atoms with Crippen molar-refractivity contribution in [1.82, 2.24) is 0 Å². The second-order valence-electron chi connectivity index (χ2n) is 7.10. The number of fused-ring (bicyclic) bond motifs is 1. The van der Waals surface area contributed by atoms with Gasteiger partial charge in [0.15, 0.2) is 0 Å². The van der Waals surface area contributed by atoms with Crippen LogP contribution in [0.5, 0.6) is 5.75 Å². The quantitative estimate of drug-likeness (QED) is 0.553. The first-order chi connectivity index (χ1) is 14.4. The van der Waals surface area contributed by atoms with Crippen molar-refractivity contribution in [3.63, 3.8) is 0 Å². The molecule has 1 amide bonds. The van der Waals surface area contributed by atoms with E-state index in [1.165, 1.54) is 11.3 Å². The van der Waals surface area contributed by atoms with E-state index >= 15 is 0 Å². The van der Waals surface area contributed by atoms with Crippen molar-refractivity contribution in [3.05, 3.63) is 82.6 Å². The number of rotatable bonds is 6. The highest BCUT2D eigenvalue weighted by atomic mass is 32.2. The number of amides is 1. The second-order valence-corrected chi connectivity index (χ2v) is 9.93.